The van der Waals surface area contributed by atoms with Gasteiger partial charge in [-0.3, -0.25) is 4.68 Å². The van der Waals surface area contributed by atoms with Crippen molar-refractivity contribution in [1.29, 1.82) is 0 Å². The maximum Gasteiger partial charge on any atom is 0.0911 e. The summed E-state index contributed by atoms with van der Waals surface area (Å²) in [6, 6.07) is 0. The molecule has 0 saturated heterocycles. The van der Waals surface area contributed by atoms with Crippen molar-refractivity contribution in [1.82, 2.24) is 15.0 Å². The number of aromatic nitrogens is 3. The van der Waals surface area contributed by atoms with Crippen molar-refractivity contribution in [3.8, 4) is 0 Å². The average molecular weight is 181 g/mol. The number of ether oxygens (including phenoxy) is 1. The third-order valence-electron chi connectivity index (χ3n) is 2.88. The summed E-state index contributed by atoms with van der Waals surface area (Å²) < 4.78 is 6.99. The molecular formula is C9H15N3O. The second kappa shape index (κ2) is 3.10. The van der Waals surface area contributed by atoms with Crippen molar-refractivity contribution in [2.75, 3.05) is 13.7 Å². The van der Waals surface area contributed by atoms with Crippen molar-refractivity contribution < 1.29 is 4.74 Å². The van der Waals surface area contributed by atoms with Crippen molar-refractivity contribution in [2.24, 2.45) is 7.05 Å². The minimum Gasteiger partial charge on any atom is -0.384 e. The third kappa shape index (κ3) is 1.35. The lowest BCUT2D eigenvalue weighted by molar-refractivity contribution is 0.0762. The Morgan fingerprint density at radius 2 is 2.38 bits per heavy atom. The number of methoxy groups -OCH3 is 1. The Morgan fingerprint density at radius 1 is 1.62 bits per heavy atom. The van der Waals surface area contributed by atoms with Gasteiger partial charge in [0.1, 0.15) is 0 Å². The van der Waals surface area contributed by atoms with Gasteiger partial charge in [0.05, 0.1) is 12.3 Å². The lowest BCUT2D eigenvalue weighted by Gasteiger charge is -2.39. The van der Waals surface area contributed by atoms with Gasteiger partial charge in [-0.2, -0.15) is 0 Å². The highest BCUT2D eigenvalue weighted by Gasteiger charge is 2.41. The van der Waals surface area contributed by atoms with Gasteiger partial charge in [-0.05, 0) is 12.8 Å². The maximum absolute atomic E-state index is 5.24. The summed E-state index contributed by atoms with van der Waals surface area (Å²) in [5.74, 6) is 0. The standard InChI is InChI=1S/C9H15N3O/c1-12-6-8(10-11-12)9(7-13-2)4-3-5-9/h6H,3-5,7H2,1-2H3. The first-order valence-corrected chi connectivity index (χ1v) is 4.63. The van der Waals surface area contributed by atoms with Crippen LogP contribution in [0.4, 0.5) is 0 Å². The summed E-state index contributed by atoms with van der Waals surface area (Å²) in [6.45, 7) is 0.770. The lowest BCUT2D eigenvalue weighted by atomic mass is 9.67. The molecule has 1 fully saturated rings. The van der Waals surface area contributed by atoms with Crippen molar-refractivity contribution in [3.63, 3.8) is 0 Å². The van der Waals surface area contributed by atoms with Crippen LogP contribution in [-0.2, 0) is 17.2 Å². The predicted octanol–water partition coefficient (Wildman–Crippen LogP) is 0.883. The lowest BCUT2D eigenvalue weighted by Crippen LogP contribution is -2.39. The minimum atomic E-state index is 0.170. The Kier molecular flexibility index (Phi) is 2.07. The largest absolute Gasteiger partial charge is 0.384 e. The van der Waals surface area contributed by atoms with Gasteiger partial charge in [0.2, 0.25) is 0 Å². The van der Waals surface area contributed by atoms with Gasteiger partial charge in [0.25, 0.3) is 0 Å². The van der Waals surface area contributed by atoms with Crippen LogP contribution in [0, 0.1) is 0 Å². The Bertz CT molecular complexity index is 291. The molecule has 0 spiro atoms. The average Bonchev–Trinajstić information content (AvgIpc) is 2.44. The molecule has 1 aliphatic rings. The van der Waals surface area contributed by atoms with Gasteiger partial charge >= 0.3 is 0 Å². The summed E-state index contributed by atoms with van der Waals surface area (Å²) in [4.78, 5) is 0. The summed E-state index contributed by atoms with van der Waals surface area (Å²) in [6.07, 6.45) is 5.64. The van der Waals surface area contributed by atoms with E-state index in [9.17, 15) is 0 Å². The van der Waals surface area contributed by atoms with Gasteiger partial charge in [-0.25, -0.2) is 0 Å². The van der Waals surface area contributed by atoms with Crippen LogP contribution < -0.4 is 0 Å². The molecule has 0 N–H and O–H groups in total. The molecule has 0 radical (unpaired) electrons. The molecule has 4 heteroatoms. The summed E-state index contributed by atoms with van der Waals surface area (Å²) in [7, 11) is 3.64. The molecule has 0 bridgehead atoms. The van der Waals surface area contributed by atoms with E-state index in [2.05, 4.69) is 10.3 Å². The fourth-order valence-corrected chi connectivity index (χ4v) is 1.94. The highest BCUT2D eigenvalue weighted by molar-refractivity contribution is 5.16. The molecule has 72 valence electrons. The van der Waals surface area contributed by atoms with E-state index in [1.54, 1.807) is 11.8 Å². The summed E-state index contributed by atoms with van der Waals surface area (Å²) >= 11 is 0. The molecule has 2 rings (SSSR count). The Hall–Kier alpha value is -0.900. The third-order valence-corrected chi connectivity index (χ3v) is 2.88. The van der Waals surface area contributed by atoms with Gasteiger partial charge < -0.3 is 4.74 Å². The first kappa shape index (κ1) is 8.69. The first-order valence-electron chi connectivity index (χ1n) is 4.63. The van der Waals surface area contributed by atoms with Crippen molar-refractivity contribution in [2.45, 2.75) is 24.7 Å². The molecule has 13 heavy (non-hydrogen) atoms. The van der Waals surface area contributed by atoms with E-state index in [4.69, 9.17) is 4.74 Å². The van der Waals surface area contributed by atoms with Crippen LogP contribution in [0.5, 0.6) is 0 Å². The van der Waals surface area contributed by atoms with Crippen LogP contribution in [0.25, 0.3) is 0 Å². The maximum atomic E-state index is 5.24. The fraction of sp³-hybridized carbons (Fsp3) is 0.778. The van der Waals surface area contributed by atoms with Crippen LogP contribution in [0.1, 0.15) is 25.0 Å². The van der Waals surface area contributed by atoms with Crippen molar-refractivity contribution in [3.05, 3.63) is 11.9 Å². The van der Waals surface area contributed by atoms with Crippen LogP contribution in [0.2, 0.25) is 0 Å². The number of aryl methyl sites for hydroxylation is 1. The number of hydrogen-bond donors (Lipinski definition) is 0. The molecule has 0 aromatic carbocycles. The fourth-order valence-electron chi connectivity index (χ4n) is 1.94. The molecule has 0 aliphatic heterocycles. The van der Waals surface area contributed by atoms with E-state index in [1.807, 2.05) is 13.2 Å². The van der Waals surface area contributed by atoms with Crippen LogP contribution in [-0.4, -0.2) is 28.7 Å². The van der Waals surface area contributed by atoms with Gasteiger partial charge in [0.15, 0.2) is 0 Å². The van der Waals surface area contributed by atoms with Gasteiger partial charge in [-0.1, -0.05) is 11.6 Å². The summed E-state index contributed by atoms with van der Waals surface area (Å²) in [5.41, 5.74) is 1.26. The molecule has 0 atom stereocenters. The SMILES string of the molecule is COCC1(c2cn(C)nn2)CCC1. The van der Waals surface area contributed by atoms with Crippen LogP contribution in [0.3, 0.4) is 0 Å². The van der Waals surface area contributed by atoms with Crippen LogP contribution >= 0.6 is 0 Å². The Balaban J connectivity index is 2.21. The molecule has 1 aromatic heterocycles. The van der Waals surface area contributed by atoms with E-state index in [0.29, 0.717) is 0 Å². The molecule has 1 aromatic rings. The quantitative estimate of drug-likeness (QED) is 0.695. The van der Waals surface area contributed by atoms with E-state index >= 15 is 0 Å². The molecular weight excluding hydrogens is 166 g/mol. The second-order valence-electron chi connectivity index (χ2n) is 3.84. The molecule has 1 saturated carbocycles. The molecule has 1 aliphatic carbocycles. The second-order valence-corrected chi connectivity index (χ2v) is 3.84. The zero-order valence-electron chi connectivity index (χ0n) is 8.16. The highest BCUT2D eigenvalue weighted by Crippen LogP contribution is 2.42. The van der Waals surface area contributed by atoms with Gasteiger partial charge in [0, 0.05) is 25.8 Å². The molecule has 0 amide bonds. The van der Waals surface area contributed by atoms with E-state index in [1.165, 1.54) is 19.3 Å². The number of rotatable bonds is 3. The summed E-state index contributed by atoms with van der Waals surface area (Å²) in [5, 5.41) is 8.12. The van der Waals surface area contributed by atoms with E-state index in [0.717, 1.165) is 12.3 Å². The van der Waals surface area contributed by atoms with E-state index < -0.39 is 0 Å². The van der Waals surface area contributed by atoms with E-state index in [-0.39, 0.29) is 5.41 Å². The van der Waals surface area contributed by atoms with Gasteiger partial charge in [-0.15, -0.1) is 5.10 Å². The Labute approximate surface area is 77.9 Å². The molecule has 0 unspecified atom stereocenters. The number of nitrogens with zero attached hydrogens (tertiary/aromatic N) is 3. The molecule has 1 heterocycles. The monoisotopic (exact) mass is 181 g/mol. The predicted molar refractivity (Wildman–Crippen MR) is 48.4 cm³/mol. The smallest absolute Gasteiger partial charge is 0.0911 e. The first-order chi connectivity index (χ1) is 6.27. The molecule has 4 nitrogen and oxygen atoms in total. The minimum absolute atomic E-state index is 0.170. The normalized spacial score (nSPS) is 19.8. The zero-order chi connectivity index (χ0) is 9.31. The Morgan fingerprint density at radius 3 is 2.77 bits per heavy atom. The van der Waals surface area contributed by atoms with Crippen LogP contribution in [0.15, 0.2) is 6.20 Å². The topological polar surface area (TPSA) is 39.9 Å². The number of hydrogen-bond acceptors (Lipinski definition) is 3. The highest BCUT2D eigenvalue weighted by atomic mass is 16.5. The zero-order valence-corrected chi connectivity index (χ0v) is 8.16. The van der Waals surface area contributed by atoms with Crippen molar-refractivity contribution >= 4 is 0 Å².